The van der Waals surface area contributed by atoms with E-state index in [1.165, 1.54) is 12.4 Å². The van der Waals surface area contributed by atoms with E-state index in [0.29, 0.717) is 11.5 Å². The normalized spacial score (nSPS) is 11.1. The van der Waals surface area contributed by atoms with Crippen molar-refractivity contribution >= 4 is 22.8 Å². The molecule has 0 saturated carbocycles. The summed E-state index contributed by atoms with van der Waals surface area (Å²) in [5, 5.41) is 33.3. The number of rotatable bonds is 3. The van der Waals surface area contributed by atoms with Gasteiger partial charge in [-0.3, -0.25) is 10.4 Å². The number of benzene rings is 1. The van der Waals surface area contributed by atoms with Crippen LogP contribution in [0.3, 0.4) is 0 Å². The summed E-state index contributed by atoms with van der Waals surface area (Å²) < 4.78 is 0. The third kappa shape index (κ3) is 2.51. The minimum atomic E-state index is -0.155. The first-order chi connectivity index (χ1) is 10.7. The Balaban J connectivity index is 1.90. The van der Waals surface area contributed by atoms with Crippen LogP contribution >= 0.6 is 0 Å². The Labute approximate surface area is 126 Å². The quantitative estimate of drug-likeness (QED) is 0.505. The number of nitrogens with zero attached hydrogens (tertiary/aromatic N) is 4. The fourth-order valence-electron chi connectivity index (χ4n) is 2.00. The molecule has 0 aliphatic rings. The summed E-state index contributed by atoms with van der Waals surface area (Å²) in [5.41, 5.74) is 3.36. The van der Waals surface area contributed by atoms with Gasteiger partial charge in [-0.1, -0.05) is 24.3 Å². The second kappa shape index (κ2) is 5.65. The van der Waals surface area contributed by atoms with E-state index in [1.54, 1.807) is 13.1 Å². The zero-order valence-electron chi connectivity index (χ0n) is 11.7. The number of pyridine rings is 1. The molecule has 0 amide bonds. The predicted octanol–water partition coefficient (Wildman–Crippen LogP) is 2.19. The van der Waals surface area contributed by atoms with Gasteiger partial charge in [-0.25, -0.2) is 0 Å². The fourth-order valence-corrected chi connectivity index (χ4v) is 2.00. The molecule has 3 N–H and O–H groups in total. The first kappa shape index (κ1) is 13.7. The molecular formula is C15H13N5O2. The van der Waals surface area contributed by atoms with Gasteiger partial charge in [0, 0.05) is 10.8 Å². The van der Waals surface area contributed by atoms with E-state index in [-0.39, 0.29) is 17.1 Å². The maximum absolute atomic E-state index is 9.88. The fraction of sp³-hybridized carbons (Fsp3) is 0.0667. The maximum Gasteiger partial charge on any atom is 0.176 e. The van der Waals surface area contributed by atoms with E-state index in [4.69, 9.17) is 0 Å². The predicted molar refractivity (Wildman–Crippen MR) is 83.1 cm³/mol. The number of fused-ring (bicyclic) bond motifs is 1. The van der Waals surface area contributed by atoms with Gasteiger partial charge in [-0.15, -0.1) is 5.10 Å². The number of aromatic hydroxyl groups is 2. The average Bonchev–Trinajstić information content (AvgIpc) is 2.54. The number of aryl methyl sites for hydroxylation is 1. The zero-order chi connectivity index (χ0) is 15.5. The first-order valence-electron chi connectivity index (χ1n) is 6.54. The lowest BCUT2D eigenvalue weighted by Crippen LogP contribution is -1.97. The van der Waals surface area contributed by atoms with Gasteiger partial charge in [0.1, 0.15) is 11.5 Å². The molecule has 0 fully saturated rings. The van der Waals surface area contributed by atoms with Crippen LogP contribution < -0.4 is 5.43 Å². The van der Waals surface area contributed by atoms with Crippen molar-refractivity contribution in [2.45, 2.75) is 6.92 Å². The molecule has 0 saturated heterocycles. The topological polar surface area (TPSA) is 104 Å². The highest BCUT2D eigenvalue weighted by Crippen LogP contribution is 2.26. The van der Waals surface area contributed by atoms with Crippen LogP contribution in [0.15, 0.2) is 41.8 Å². The Bertz CT molecular complexity index is 858. The van der Waals surface area contributed by atoms with Crippen molar-refractivity contribution in [3.8, 4) is 11.5 Å². The molecule has 0 radical (unpaired) electrons. The van der Waals surface area contributed by atoms with E-state index < -0.39 is 0 Å². The number of hydrazone groups is 1. The molecule has 2 aromatic heterocycles. The van der Waals surface area contributed by atoms with Gasteiger partial charge in [0.15, 0.2) is 5.82 Å². The van der Waals surface area contributed by atoms with Crippen LogP contribution in [0.5, 0.6) is 11.5 Å². The summed E-state index contributed by atoms with van der Waals surface area (Å²) in [4.78, 5) is 3.84. The molecule has 1 aromatic carbocycles. The van der Waals surface area contributed by atoms with E-state index >= 15 is 0 Å². The number of hydrogen-bond donors (Lipinski definition) is 3. The molecule has 3 aromatic rings. The summed E-state index contributed by atoms with van der Waals surface area (Å²) in [7, 11) is 0. The Morgan fingerprint density at radius 3 is 2.86 bits per heavy atom. The molecule has 0 atom stereocenters. The van der Waals surface area contributed by atoms with Gasteiger partial charge >= 0.3 is 0 Å². The molecule has 0 bridgehead atoms. The molecule has 3 rings (SSSR count). The van der Waals surface area contributed by atoms with Crippen molar-refractivity contribution in [3.05, 3.63) is 47.9 Å². The Kier molecular flexibility index (Phi) is 3.53. The standard InChI is InChI=1S/C15H13N5O2/c1-9-14(22)12(13(21)8-16-9)7-18-20-15-11-5-3-2-4-10(11)6-17-19-15/h2-8,21-22H,1H3,(H,19,20)/b18-7+. The minimum absolute atomic E-state index is 0.116. The monoisotopic (exact) mass is 295 g/mol. The van der Waals surface area contributed by atoms with E-state index in [2.05, 4.69) is 25.7 Å². The lowest BCUT2D eigenvalue weighted by atomic mass is 10.2. The van der Waals surface area contributed by atoms with Crippen LogP contribution in [-0.4, -0.2) is 31.6 Å². The number of anilines is 1. The van der Waals surface area contributed by atoms with Gasteiger partial charge in [-0.05, 0) is 6.92 Å². The largest absolute Gasteiger partial charge is 0.505 e. The Hall–Kier alpha value is -3.22. The SMILES string of the molecule is Cc1ncc(O)c(/C=N/Nc2nncc3ccccc23)c1O. The molecule has 22 heavy (non-hydrogen) atoms. The molecule has 0 unspecified atom stereocenters. The first-order valence-corrected chi connectivity index (χ1v) is 6.54. The molecule has 7 nitrogen and oxygen atoms in total. The van der Waals surface area contributed by atoms with Crippen LogP contribution in [0.1, 0.15) is 11.3 Å². The van der Waals surface area contributed by atoms with Gasteiger partial charge < -0.3 is 10.2 Å². The zero-order valence-corrected chi connectivity index (χ0v) is 11.7. The van der Waals surface area contributed by atoms with E-state index in [0.717, 1.165) is 10.8 Å². The summed E-state index contributed by atoms with van der Waals surface area (Å²) in [6, 6.07) is 7.62. The van der Waals surface area contributed by atoms with Crippen LogP contribution in [0, 0.1) is 6.92 Å². The van der Waals surface area contributed by atoms with E-state index in [9.17, 15) is 10.2 Å². The Morgan fingerprint density at radius 2 is 2.00 bits per heavy atom. The van der Waals surface area contributed by atoms with Gasteiger partial charge in [0.05, 0.1) is 29.9 Å². The van der Waals surface area contributed by atoms with Crippen molar-refractivity contribution in [1.29, 1.82) is 0 Å². The summed E-state index contributed by atoms with van der Waals surface area (Å²) in [6.07, 6.45) is 4.23. The number of nitrogens with one attached hydrogen (secondary N) is 1. The molecule has 0 aliphatic carbocycles. The second-order valence-corrected chi connectivity index (χ2v) is 4.64. The van der Waals surface area contributed by atoms with Gasteiger partial charge in [0.2, 0.25) is 0 Å². The molecule has 7 heteroatoms. The molecule has 0 spiro atoms. The maximum atomic E-state index is 9.88. The van der Waals surface area contributed by atoms with Crippen molar-refractivity contribution in [3.63, 3.8) is 0 Å². The third-order valence-corrected chi connectivity index (χ3v) is 3.19. The second-order valence-electron chi connectivity index (χ2n) is 4.64. The van der Waals surface area contributed by atoms with Crippen LogP contribution in [-0.2, 0) is 0 Å². The van der Waals surface area contributed by atoms with Gasteiger partial charge in [-0.2, -0.15) is 10.2 Å². The molecule has 110 valence electrons. The van der Waals surface area contributed by atoms with Crippen molar-refractivity contribution in [2.75, 3.05) is 5.43 Å². The van der Waals surface area contributed by atoms with Crippen LogP contribution in [0.2, 0.25) is 0 Å². The minimum Gasteiger partial charge on any atom is -0.505 e. The summed E-state index contributed by atoms with van der Waals surface area (Å²) in [6.45, 7) is 1.63. The van der Waals surface area contributed by atoms with Crippen molar-refractivity contribution in [2.24, 2.45) is 5.10 Å². The van der Waals surface area contributed by atoms with Crippen LogP contribution in [0.4, 0.5) is 5.82 Å². The highest BCUT2D eigenvalue weighted by Gasteiger charge is 2.09. The lowest BCUT2D eigenvalue weighted by molar-refractivity contribution is 0.441. The highest BCUT2D eigenvalue weighted by molar-refractivity contribution is 5.92. The lowest BCUT2D eigenvalue weighted by Gasteiger charge is -2.05. The molecule has 0 aliphatic heterocycles. The van der Waals surface area contributed by atoms with Gasteiger partial charge in [0.25, 0.3) is 0 Å². The molecular weight excluding hydrogens is 282 g/mol. The van der Waals surface area contributed by atoms with Crippen LogP contribution in [0.25, 0.3) is 10.8 Å². The summed E-state index contributed by atoms with van der Waals surface area (Å²) >= 11 is 0. The van der Waals surface area contributed by atoms with Crippen molar-refractivity contribution in [1.82, 2.24) is 15.2 Å². The smallest absolute Gasteiger partial charge is 0.176 e. The number of hydrogen-bond acceptors (Lipinski definition) is 7. The van der Waals surface area contributed by atoms with Crippen molar-refractivity contribution < 1.29 is 10.2 Å². The summed E-state index contributed by atoms with van der Waals surface area (Å²) in [5.74, 6) is 0.214. The molecule has 2 heterocycles. The number of aromatic nitrogens is 3. The third-order valence-electron chi connectivity index (χ3n) is 3.19. The average molecular weight is 295 g/mol. The Morgan fingerprint density at radius 1 is 1.18 bits per heavy atom. The van der Waals surface area contributed by atoms with E-state index in [1.807, 2.05) is 24.3 Å². The highest BCUT2D eigenvalue weighted by atomic mass is 16.3.